The number of amides is 1. The first-order valence-electron chi connectivity index (χ1n) is 4.51. The second kappa shape index (κ2) is 5.89. The van der Waals surface area contributed by atoms with E-state index in [1.807, 2.05) is 0 Å². The normalized spacial score (nSPS) is 10.2. The Bertz CT molecular complexity index is 294. The Balaban J connectivity index is 5.36. The number of hydrogen-bond donors (Lipinski definition) is 1. The van der Waals surface area contributed by atoms with Crippen molar-refractivity contribution in [1.82, 2.24) is 5.32 Å². The molecule has 0 radical (unpaired) electrons. The number of carbonyl (C=O) groups is 3. The minimum Gasteiger partial charge on any atom is -0.467 e. The first kappa shape index (κ1) is 14.2. The van der Waals surface area contributed by atoms with Crippen molar-refractivity contribution in [1.29, 1.82) is 0 Å². The van der Waals surface area contributed by atoms with Crippen LogP contribution in [-0.2, 0) is 23.9 Å². The summed E-state index contributed by atoms with van der Waals surface area (Å²) in [4.78, 5) is 34.2. The summed E-state index contributed by atoms with van der Waals surface area (Å²) in [6.45, 7) is 4.60. The van der Waals surface area contributed by atoms with E-state index in [0.29, 0.717) is 0 Å². The van der Waals surface area contributed by atoms with Crippen LogP contribution in [0.5, 0.6) is 0 Å². The van der Waals surface area contributed by atoms with Crippen LogP contribution in [0.15, 0.2) is 12.7 Å². The van der Waals surface area contributed by atoms with Crippen LogP contribution < -0.4 is 5.32 Å². The predicted octanol–water partition coefficient (Wildman–Crippen LogP) is -0.217. The first-order chi connectivity index (χ1) is 7.44. The molecule has 0 aliphatic heterocycles. The zero-order chi connectivity index (χ0) is 12.8. The molecule has 0 fully saturated rings. The smallest absolute Gasteiger partial charge is 0.343 e. The van der Waals surface area contributed by atoms with Gasteiger partial charge in [-0.1, -0.05) is 6.08 Å². The molecule has 0 bridgehead atoms. The van der Waals surface area contributed by atoms with Gasteiger partial charge in [0.25, 0.3) is 0 Å². The van der Waals surface area contributed by atoms with Gasteiger partial charge >= 0.3 is 11.9 Å². The highest BCUT2D eigenvalue weighted by Gasteiger charge is 2.48. The summed E-state index contributed by atoms with van der Waals surface area (Å²) >= 11 is 0. The SMILES string of the molecule is C=CCC(NC(C)=O)(C(=O)OC)C(=O)OC. The van der Waals surface area contributed by atoms with E-state index in [4.69, 9.17) is 0 Å². The van der Waals surface area contributed by atoms with Gasteiger partial charge in [0.15, 0.2) is 0 Å². The van der Waals surface area contributed by atoms with E-state index in [9.17, 15) is 14.4 Å². The molecule has 0 spiro atoms. The van der Waals surface area contributed by atoms with Gasteiger partial charge in [0.2, 0.25) is 11.4 Å². The van der Waals surface area contributed by atoms with E-state index in [1.165, 1.54) is 13.0 Å². The van der Waals surface area contributed by atoms with Crippen LogP contribution in [0, 0.1) is 0 Å². The van der Waals surface area contributed by atoms with Gasteiger partial charge in [0, 0.05) is 13.3 Å². The third-order valence-electron chi connectivity index (χ3n) is 1.91. The number of rotatable bonds is 5. The summed E-state index contributed by atoms with van der Waals surface area (Å²) in [7, 11) is 2.23. The molecular formula is C10H15NO5. The summed E-state index contributed by atoms with van der Waals surface area (Å²) in [6.07, 6.45) is 1.22. The first-order valence-corrected chi connectivity index (χ1v) is 4.51. The van der Waals surface area contributed by atoms with Crippen LogP contribution in [0.2, 0.25) is 0 Å². The lowest BCUT2D eigenvalue weighted by Gasteiger charge is -2.27. The standard InChI is InChI=1S/C10H15NO5/c1-5-6-10(8(13)15-3,9(14)16-4)11-7(2)12/h5H,1,6H2,2-4H3,(H,11,12). The van der Waals surface area contributed by atoms with Crippen LogP contribution in [-0.4, -0.2) is 37.6 Å². The van der Waals surface area contributed by atoms with Crippen molar-refractivity contribution in [3.8, 4) is 0 Å². The third-order valence-corrected chi connectivity index (χ3v) is 1.91. The maximum Gasteiger partial charge on any atom is 0.343 e. The highest BCUT2D eigenvalue weighted by molar-refractivity contribution is 6.07. The zero-order valence-corrected chi connectivity index (χ0v) is 9.53. The lowest BCUT2D eigenvalue weighted by molar-refractivity contribution is -0.165. The lowest BCUT2D eigenvalue weighted by Crippen LogP contribution is -2.60. The van der Waals surface area contributed by atoms with Gasteiger partial charge in [0.05, 0.1) is 14.2 Å². The van der Waals surface area contributed by atoms with Crippen molar-refractivity contribution in [3.05, 3.63) is 12.7 Å². The number of methoxy groups -OCH3 is 2. The van der Waals surface area contributed by atoms with Crippen molar-refractivity contribution >= 4 is 17.8 Å². The molecule has 0 saturated heterocycles. The Morgan fingerprint density at radius 3 is 1.94 bits per heavy atom. The number of esters is 2. The van der Waals surface area contributed by atoms with Gasteiger partial charge in [-0.15, -0.1) is 6.58 Å². The molecule has 1 amide bonds. The molecule has 0 aliphatic carbocycles. The topological polar surface area (TPSA) is 81.7 Å². The Hall–Kier alpha value is -1.85. The Labute approximate surface area is 93.6 Å². The van der Waals surface area contributed by atoms with Crippen molar-refractivity contribution in [3.63, 3.8) is 0 Å². The van der Waals surface area contributed by atoms with E-state index >= 15 is 0 Å². The molecule has 0 aliphatic rings. The van der Waals surface area contributed by atoms with Crippen molar-refractivity contribution in [2.45, 2.75) is 18.9 Å². The maximum atomic E-state index is 11.6. The number of nitrogens with one attached hydrogen (secondary N) is 1. The average Bonchev–Trinajstić information content (AvgIpc) is 2.25. The van der Waals surface area contributed by atoms with E-state index < -0.39 is 23.4 Å². The highest BCUT2D eigenvalue weighted by Crippen LogP contribution is 2.15. The number of carbonyl (C=O) groups excluding carboxylic acids is 3. The summed E-state index contributed by atoms with van der Waals surface area (Å²) in [5.41, 5.74) is -1.85. The Morgan fingerprint density at radius 1 is 1.25 bits per heavy atom. The fraction of sp³-hybridized carbons (Fsp3) is 0.500. The summed E-state index contributed by atoms with van der Waals surface area (Å²) < 4.78 is 8.98. The second-order valence-electron chi connectivity index (χ2n) is 3.06. The molecule has 16 heavy (non-hydrogen) atoms. The average molecular weight is 229 g/mol. The molecular weight excluding hydrogens is 214 g/mol. The zero-order valence-electron chi connectivity index (χ0n) is 9.53. The summed E-state index contributed by atoms with van der Waals surface area (Å²) in [6, 6.07) is 0. The fourth-order valence-corrected chi connectivity index (χ4v) is 1.27. The quantitative estimate of drug-likeness (QED) is 0.400. The largest absolute Gasteiger partial charge is 0.467 e. The van der Waals surface area contributed by atoms with E-state index in [2.05, 4.69) is 21.4 Å². The Kier molecular flexibility index (Phi) is 5.21. The molecule has 90 valence electrons. The minimum absolute atomic E-state index is 0.105. The van der Waals surface area contributed by atoms with Gasteiger partial charge in [-0.3, -0.25) is 4.79 Å². The molecule has 6 heteroatoms. The maximum absolute atomic E-state index is 11.6. The molecule has 0 heterocycles. The van der Waals surface area contributed by atoms with E-state index in [1.54, 1.807) is 0 Å². The van der Waals surface area contributed by atoms with Crippen LogP contribution >= 0.6 is 0 Å². The monoisotopic (exact) mass is 229 g/mol. The van der Waals surface area contributed by atoms with Gasteiger partial charge in [0.1, 0.15) is 0 Å². The van der Waals surface area contributed by atoms with Crippen molar-refractivity contribution in [2.24, 2.45) is 0 Å². The molecule has 0 aromatic carbocycles. The van der Waals surface area contributed by atoms with Crippen molar-refractivity contribution < 1.29 is 23.9 Å². The van der Waals surface area contributed by atoms with E-state index in [0.717, 1.165) is 14.2 Å². The molecule has 0 aromatic heterocycles. The fourth-order valence-electron chi connectivity index (χ4n) is 1.27. The highest BCUT2D eigenvalue weighted by atomic mass is 16.5. The predicted molar refractivity (Wildman–Crippen MR) is 55.4 cm³/mol. The number of hydrogen-bond acceptors (Lipinski definition) is 5. The molecule has 1 N–H and O–H groups in total. The molecule has 0 unspecified atom stereocenters. The number of ether oxygens (including phenoxy) is 2. The van der Waals surface area contributed by atoms with Gasteiger partial charge < -0.3 is 14.8 Å². The summed E-state index contributed by atoms with van der Waals surface area (Å²) in [5, 5.41) is 2.24. The van der Waals surface area contributed by atoms with Gasteiger partial charge in [-0.05, 0) is 0 Å². The van der Waals surface area contributed by atoms with E-state index in [-0.39, 0.29) is 6.42 Å². The third kappa shape index (κ3) is 2.82. The van der Waals surface area contributed by atoms with Gasteiger partial charge in [-0.25, -0.2) is 9.59 Å². The second-order valence-corrected chi connectivity index (χ2v) is 3.06. The molecule has 6 nitrogen and oxygen atoms in total. The van der Waals surface area contributed by atoms with Crippen LogP contribution in [0.25, 0.3) is 0 Å². The molecule has 0 rings (SSSR count). The van der Waals surface area contributed by atoms with Crippen LogP contribution in [0.1, 0.15) is 13.3 Å². The van der Waals surface area contributed by atoms with Crippen LogP contribution in [0.4, 0.5) is 0 Å². The molecule has 0 aromatic rings. The Morgan fingerprint density at radius 2 is 1.69 bits per heavy atom. The summed E-state index contributed by atoms with van der Waals surface area (Å²) in [5.74, 6) is -2.33. The lowest BCUT2D eigenvalue weighted by atomic mass is 9.95. The molecule has 0 atom stereocenters. The minimum atomic E-state index is -1.85. The van der Waals surface area contributed by atoms with Crippen LogP contribution in [0.3, 0.4) is 0 Å². The van der Waals surface area contributed by atoms with Gasteiger partial charge in [-0.2, -0.15) is 0 Å². The molecule has 0 saturated carbocycles. The van der Waals surface area contributed by atoms with Crippen molar-refractivity contribution in [2.75, 3.05) is 14.2 Å².